The summed E-state index contributed by atoms with van der Waals surface area (Å²) in [4.78, 5) is 34.4. The normalized spacial score (nSPS) is 11.2. The van der Waals surface area contributed by atoms with Crippen molar-refractivity contribution < 1.29 is 9.21 Å². The van der Waals surface area contributed by atoms with Gasteiger partial charge in [0.05, 0.1) is 29.5 Å². The van der Waals surface area contributed by atoms with Gasteiger partial charge in [-0.2, -0.15) is 0 Å². The number of carbonyl (C=O) groups is 1. The highest BCUT2D eigenvalue weighted by molar-refractivity contribution is 7.99. The van der Waals surface area contributed by atoms with Gasteiger partial charge in [0.2, 0.25) is 5.91 Å². The van der Waals surface area contributed by atoms with Crippen LogP contribution in [0, 0.1) is 0 Å². The Hall–Kier alpha value is -3.11. The highest BCUT2D eigenvalue weighted by Crippen LogP contribution is 2.24. The van der Waals surface area contributed by atoms with Gasteiger partial charge in [-0.25, -0.2) is 4.98 Å². The summed E-state index contributed by atoms with van der Waals surface area (Å²) in [5, 5.41) is 10.0. The Morgan fingerprint density at radius 3 is 2.85 bits per heavy atom. The molecule has 33 heavy (non-hydrogen) atoms. The zero-order valence-electron chi connectivity index (χ0n) is 18.2. The summed E-state index contributed by atoms with van der Waals surface area (Å²) in [6, 6.07) is 8.55. The van der Waals surface area contributed by atoms with Gasteiger partial charge in [0.15, 0.2) is 16.7 Å². The van der Waals surface area contributed by atoms with Crippen molar-refractivity contribution >= 4 is 40.2 Å². The summed E-state index contributed by atoms with van der Waals surface area (Å²) in [7, 11) is 0. The van der Waals surface area contributed by atoms with E-state index < -0.39 is 0 Å². The molecule has 0 spiro atoms. The Morgan fingerprint density at radius 1 is 1.27 bits per heavy atom. The fourth-order valence-electron chi connectivity index (χ4n) is 3.46. The first-order valence-electron chi connectivity index (χ1n) is 10.6. The van der Waals surface area contributed by atoms with Gasteiger partial charge in [0.25, 0.3) is 5.56 Å². The van der Waals surface area contributed by atoms with E-state index in [0.29, 0.717) is 51.6 Å². The molecular weight excluding hydrogens is 464 g/mol. The Kier molecular flexibility index (Phi) is 7.14. The predicted molar refractivity (Wildman–Crippen MR) is 127 cm³/mol. The topological polar surface area (TPSA) is 110 Å². The molecule has 0 aliphatic heterocycles. The van der Waals surface area contributed by atoms with Crippen LogP contribution in [0.1, 0.15) is 26.1 Å². The molecule has 1 aromatic carbocycles. The first-order chi connectivity index (χ1) is 16.0. The van der Waals surface area contributed by atoms with Gasteiger partial charge < -0.3 is 14.3 Å². The van der Waals surface area contributed by atoms with E-state index >= 15 is 0 Å². The average Bonchev–Trinajstić information content (AvgIpc) is 3.46. The lowest BCUT2D eigenvalue weighted by Gasteiger charge is -2.21. The molecule has 0 atom stereocenters. The molecule has 4 aromatic rings. The van der Waals surface area contributed by atoms with Crippen molar-refractivity contribution in [3.05, 3.63) is 57.8 Å². The number of H-pyrrole nitrogens is 1. The molecule has 172 valence electrons. The molecule has 0 bridgehead atoms. The summed E-state index contributed by atoms with van der Waals surface area (Å²) in [6.07, 6.45) is 2.36. The van der Waals surface area contributed by atoms with E-state index in [4.69, 9.17) is 16.0 Å². The highest BCUT2D eigenvalue weighted by atomic mass is 35.5. The summed E-state index contributed by atoms with van der Waals surface area (Å²) < 4.78 is 7.34. The predicted octanol–water partition coefficient (Wildman–Crippen LogP) is 3.98. The number of aromatic nitrogens is 5. The number of amides is 1. The first-order valence-corrected chi connectivity index (χ1v) is 11.9. The van der Waals surface area contributed by atoms with Crippen molar-refractivity contribution in [2.45, 2.75) is 38.5 Å². The van der Waals surface area contributed by atoms with E-state index in [9.17, 15) is 9.59 Å². The first kappa shape index (κ1) is 23.1. The third kappa shape index (κ3) is 5.12. The van der Waals surface area contributed by atoms with Gasteiger partial charge in [-0.3, -0.25) is 14.2 Å². The molecule has 0 unspecified atom stereocenters. The van der Waals surface area contributed by atoms with Crippen LogP contribution in [-0.2, 0) is 17.9 Å². The quantitative estimate of drug-likeness (QED) is 0.356. The van der Waals surface area contributed by atoms with Crippen molar-refractivity contribution in [1.82, 2.24) is 29.6 Å². The molecule has 4 rings (SSSR count). The van der Waals surface area contributed by atoms with Crippen molar-refractivity contribution in [3.63, 3.8) is 0 Å². The number of carbonyl (C=O) groups excluding carboxylic acids is 1. The molecule has 0 fully saturated rings. The van der Waals surface area contributed by atoms with Gasteiger partial charge in [0.1, 0.15) is 5.82 Å². The number of fused-ring (bicyclic) bond motifs is 1. The molecule has 0 aliphatic carbocycles. The number of rotatable bonds is 9. The minimum Gasteiger partial charge on any atom is -0.461 e. The van der Waals surface area contributed by atoms with Gasteiger partial charge in [-0.15, -0.1) is 10.2 Å². The minimum atomic E-state index is -0.258. The van der Waals surface area contributed by atoms with Crippen LogP contribution >= 0.6 is 23.4 Å². The maximum Gasteiger partial charge on any atom is 0.258 e. The van der Waals surface area contributed by atoms with Gasteiger partial charge in [-0.05, 0) is 43.7 Å². The van der Waals surface area contributed by atoms with Crippen LogP contribution in [0.4, 0.5) is 0 Å². The van der Waals surface area contributed by atoms with E-state index in [2.05, 4.69) is 20.2 Å². The smallest absolute Gasteiger partial charge is 0.258 e. The van der Waals surface area contributed by atoms with E-state index in [1.807, 2.05) is 24.5 Å². The number of thioether (sulfide) groups is 1. The zero-order valence-corrected chi connectivity index (χ0v) is 19.8. The average molecular weight is 487 g/mol. The van der Waals surface area contributed by atoms with E-state index in [1.54, 1.807) is 35.4 Å². The number of halogens is 1. The van der Waals surface area contributed by atoms with Crippen molar-refractivity contribution in [2.75, 3.05) is 12.3 Å². The third-order valence-corrected chi connectivity index (χ3v) is 6.19. The fraction of sp³-hybridized carbons (Fsp3) is 0.318. The zero-order chi connectivity index (χ0) is 23.4. The second-order valence-electron chi connectivity index (χ2n) is 7.31. The van der Waals surface area contributed by atoms with Crippen LogP contribution < -0.4 is 5.56 Å². The van der Waals surface area contributed by atoms with Crippen molar-refractivity contribution in [3.8, 4) is 11.6 Å². The molecule has 9 nitrogen and oxygen atoms in total. The van der Waals surface area contributed by atoms with Crippen LogP contribution in [0.2, 0.25) is 5.02 Å². The van der Waals surface area contributed by atoms with Gasteiger partial charge in [-0.1, -0.05) is 30.3 Å². The van der Waals surface area contributed by atoms with E-state index in [-0.39, 0.29) is 23.8 Å². The van der Waals surface area contributed by atoms with Crippen LogP contribution in [0.15, 0.2) is 51.0 Å². The third-order valence-electron chi connectivity index (χ3n) is 5.00. The number of furan rings is 1. The van der Waals surface area contributed by atoms with Crippen LogP contribution in [0.25, 0.3) is 22.5 Å². The fourth-order valence-corrected chi connectivity index (χ4v) is 4.54. The Bertz CT molecular complexity index is 1320. The Labute approximate surface area is 199 Å². The molecule has 11 heteroatoms. The molecule has 0 aliphatic rings. The van der Waals surface area contributed by atoms with E-state index in [1.165, 1.54) is 11.8 Å². The second-order valence-corrected chi connectivity index (χ2v) is 8.68. The van der Waals surface area contributed by atoms with Crippen LogP contribution in [0.3, 0.4) is 0 Å². The van der Waals surface area contributed by atoms with Crippen molar-refractivity contribution in [2.24, 2.45) is 0 Å². The Balaban J connectivity index is 1.49. The van der Waals surface area contributed by atoms with Crippen LogP contribution in [-0.4, -0.2) is 47.8 Å². The largest absolute Gasteiger partial charge is 0.461 e. The lowest BCUT2D eigenvalue weighted by molar-refractivity contribution is -0.129. The molecule has 0 saturated carbocycles. The van der Waals surface area contributed by atoms with E-state index in [0.717, 1.165) is 6.42 Å². The SMILES string of the molecule is CCCN(Cc1nc2cc(Cl)ccc2c(=O)[nH]1)C(=O)CSc1nnc(-c2ccco2)n1CC. The summed E-state index contributed by atoms with van der Waals surface area (Å²) in [5.74, 6) is 1.76. The number of nitrogens with one attached hydrogen (secondary N) is 1. The van der Waals surface area contributed by atoms with Crippen molar-refractivity contribution in [1.29, 1.82) is 0 Å². The molecule has 3 heterocycles. The lowest BCUT2D eigenvalue weighted by atomic mass is 10.2. The Morgan fingerprint density at radius 2 is 2.12 bits per heavy atom. The molecule has 1 N–H and O–H groups in total. The monoisotopic (exact) mass is 486 g/mol. The molecule has 0 radical (unpaired) electrons. The summed E-state index contributed by atoms with van der Waals surface area (Å²) >= 11 is 7.37. The van der Waals surface area contributed by atoms with Gasteiger partial charge >= 0.3 is 0 Å². The number of nitrogens with zero attached hydrogens (tertiary/aromatic N) is 5. The maximum atomic E-state index is 13.0. The molecule has 0 saturated heterocycles. The van der Waals surface area contributed by atoms with Gasteiger partial charge in [0, 0.05) is 18.1 Å². The number of benzene rings is 1. The molecular formula is C22H23ClN6O3S. The standard InChI is InChI=1S/C22H23ClN6O3S/c1-3-9-28(12-18-24-16-11-14(23)7-8-15(16)21(31)25-18)19(30)13-33-22-27-26-20(29(22)4-2)17-6-5-10-32-17/h5-8,10-11H,3-4,9,12-13H2,1-2H3,(H,24,25,31). The highest BCUT2D eigenvalue weighted by Gasteiger charge is 2.19. The molecule has 1 amide bonds. The summed E-state index contributed by atoms with van der Waals surface area (Å²) in [5.41, 5.74) is 0.243. The number of aromatic amines is 1. The number of hydrogen-bond donors (Lipinski definition) is 1. The second kappa shape index (κ2) is 10.2. The maximum absolute atomic E-state index is 13.0. The summed E-state index contributed by atoms with van der Waals surface area (Å²) in [6.45, 7) is 5.35. The lowest BCUT2D eigenvalue weighted by Crippen LogP contribution is -2.34. The van der Waals surface area contributed by atoms with Crippen LogP contribution in [0.5, 0.6) is 0 Å². The molecule has 3 aromatic heterocycles. The number of hydrogen-bond acceptors (Lipinski definition) is 7. The minimum absolute atomic E-state index is 0.0825.